The van der Waals surface area contributed by atoms with E-state index in [1.165, 1.54) is 10.8 Å². The number of hydrogen-bond acceptors (Lipinski definition) is 3. The zero-order valence-electron chi connectivity index (χ0n) is 11.2. The van der Waals surface area contributed by atoms with Crippen molar-refractivity contribution in [3.8, 4) is 0 Å². The largest absolute Gasteiger partial charge is 0.444 e. The summed E-state index contributed by atoms with van der Waals surface area (Å²) in [6, 6.07) is 16.7. The first kappa shape index (κ1) is 13.1. The predicted molar refractivity (Wildman–Crippen MR) is 79.4 cm³/mol. The summed E-state index contributed by atoms with van der Waals surface area (Å²) in [6.07, 6.45) is 1.75. The average molecular weight is 279 g/mol. The van der Waals surface area contributed by atoms with Crippen molar-refractivity contribution in [3.63, 3.8) is 0 Å². The third kappa shape index (κ3) is 2.56. The zero-order valence-corrected chi connectivity index (χ0v) is 11.2. The first-order valence-electron chi connectivity index (χ1n) is 6.56. The summed E-state index contributed by atoms with van der Waals surface area (Å²) in [4.78, 5) is 23.3. The molecule has 3 aromatic rings. The molecule has 3 rings (SSSR count). The van der Waals surface area contributed by atoms with Gasteiger partial charge in [-0.2, -0.15) is 0 Å². The van der Waals surface area contributed by atoms with Crippen LogP contribution in [0.25, 0.3) is 10.9 Å². The van der Waals surface area contributed by atoms with Gasteiger partial charge in [-0.15, -0.1) is 0 Å². The van der Waals surface area contributed by atoms with Gasteiger partial charge in [0.15, 0.2) is 6.29 Å². The number of fused-ring (bicyclic) bond motifs is 1. The number of aromatic nitrogens is 1. The zero-order chi connectivity index (χ0) is 14.7. The Kier molecular flexibility index (Phi) is 3.51. The molecule has 0 N–H and O–H groups in total. The topological polar surface area (TPSA) is 48.3 Å². The number of hydrogen-bond donors (Lipinski definition) is 0. The molecule has 0 saturated carbocycles. The predicted octanol–water partition coefficient (Wildman–Crippen LogP) is 3.64. The fourth-order valence-electron chi connectivity index (χ4n) is 2.24. The van der Waals surface area contributed by atoms with Crippen LogP contribution in [0.2, 0.25) is 0 Å². The highest BCUT2D eigenvalue weighted by Gasteiger charge is 2.13. The molecule has 0 unspecified atom stereocenters. The van der Waals surface area contributed by atoms with Crippen molar-refractivity contribution in [2.45, 2.75) is 6.61 Å². The maximum Gasteiger partial charge on any atom is 0.418 e. The van der Waals surface area contributed by atoms with Crippen molar-refractivity contribution in [1.29, 1.82) is 0 Å². The highest BCUT2D eigenvalue weighted by atomic mass is 16.5. The first-order chi connectivity index (χ1) is 10.3. The summed E-state index contributed by atoms with van der Waals surface area (Å²) in [5.74, 6) is 0. The monoisotopic (exact) mass is 279 g/mol. The van der Waals surface area contributed by atoms with Gasteiger partial charge in [-0.1, -0.05) is 48.5 Å². The molecular formula is C17H13NO3. The summed E-state index contributed by atoms with van der Waals surface area (Å²) < 4.78 is 6.65. The second-order valence-corrected chi connectivity index (χ2v) is 4.63. The lowest BCUT2D eigenvalue weighted by atomic mass is 10.2. The summed E-state index contributed by atoms with van der Waals surface area (Å²) in [6.45, 7) is 0.197. The van der Waals surface area contributed by atoms with E-state index in [4.69, 9.17) is 4.74 Å². The normalized spacial score (nSPS) is 10.5. The van der Waals surface area contributed by atoms with Gasteiger partial charge >= 0.3 is 6.09 Å². The minimum atomic E-state index is -0.497. The molecule has 0 radical (unpaired) electrons. The molecule has 0 spiro atoms. The molecule has 0 aliphatic heterocycles. The van der Waals surface area contributed by atoms with Crippen LogP contribution in [0.1, 0.15) is 15.9 Å². The highest BCUT2D eigenvalue weighted by Crippen LogP contribution is 2.20. The van der Waals surface area contributed by atoms with E-state index in [9.17, 15) is 9.59 Å². The van der Waals surface area contributed by atoms with Gasteiger partial charge in [-0.05, 0) is 11.6 Å². The van der Waals surface area contributed by atoms with Gasteiger partial charge in [0.2, 0.25) is 0 Å². The van der Waals surface area contributed by atoms with Gasteiger partial charge in [-0.25, -0.2) is 4.79 Å². The minimum absolute atomic E-state index is 0.197. The van der Waals surface area contributed by atoms with Crippen LogP contribution in [0.5, 0.6) is 0 Å². The smallest absolute Gasteiger partial charge is 0.418 e. The average Bonchev–Trinajstić information content (AvgIpc) is 2.92. The van der Waals surface area contributed by atoms with E-state index in [1.54, 1.807) is 12.1 Å². The van der Waals surface area contributed by atoms with Gasteiger partial charge in [0, 0.05) is 17.1 Å². The van der Waals surface area contributed by atoms with Crippen LogP contribution in [0.4, 0.5) is 4.79 Å². The number of para-hydroxylation sites is 1. The fourth-order valence-corrected chi connectivity index (χ4v) is 2.24. The number of ether oxygens (including phenoxy) is 1. The Balaban J connectivity index is 1.86. The third-order valence-corrected chi connectivity index (χ3v) is 3.27. The van der Waals surface area contributed by atoms with Crippen LogP contribution >= 0.6 is 0 Å². The van der Waals surface area contributed by atoms with Crippen molar-refractivity contribution >= 4 is 23.3 Å². The molecule has 1 aromatic heterocycles. The Morgan fingerprint density at radius 3 is 2.52 bits per heavy atom. The van der Waals surface area contributed by atoms with E-state index in [0.29, 0.717) is 11.1 Å². The SMILES string of the molecule is O=Cc1cn(C(=O)OCc2ccccc2)c2ccccc12. The van der Waals surface area contributed by atoms with Crippen LogP contribution < -0.4 is 0 Å². The third-order valence-electron chi connectivity index (χ3n) is 3.27. The number of carbonyl (C=O) groups is 2. The molecule has 4 heteroatoms. The summed E-state index contributed by atoms with van der Waals surface area (Å²) in [5.41, 5.74) is 2.05. The molecule has 1 heterocycles. The molecule has 4 nitrogen and oxygen atoms in total. The molecule has 0 fully saturated rings. The molecule has 0 aliphatic rings. The van der Waals surface area contributed by atoms with E-state index in [1.807, 2.05) is 42.5 Å². The van der Waals surface area contributed by atoms with Crippen molar-refractivity contribution in [1.82, 2.24) is 4.57 Å². The molecule has 0 aliphatic carbocycles. The highest BCUT2D eigenvalue weighted by molar-refractivity contribution is 6.01. The molecule has 0 saturated heterocycles. The molecule has 21 heavy (non-hydrogen) atoms. The molecule has 0 bridgehead atoms. The standard InChI is InChI=1S/C17H13NO3/c19-11-14-10-18(16-9-5-4-8-15(14)16)17(20)21-12-13-6-2-1-3-7-13/h1-11H,12H2. The quantitative estimate of drug-likeness (QED) is 0.688. The van der Waals surface area contributed by atoms with Crippen molar-refractivity contribution in [2.75, 3.05) is 0 Å². The Labute approximate surface area is 121 Å². The maximum absolute atomic E-state index is 12.2. The minimum Gasteiger partial charge on any atom is -0.444 e. The summed E-state index contributed by atoms with van der Waals surface area (Å²) >= 11 is 0. The van der Waals surface area contributed by atoms with Crippen LogP contribution in [-0.2, 0) is 11.3 Å². The number of aldehydes is 1. The van der Waals surface area contributed by atoms with E-state index >= 15 is 0 Å². The Morgan fingerprint density at radius 2 is 1.76 bits per heavy atom. The summed E-state index contributed by atoms with van der Waals surface area (Å²) in [5, 5.41) is 0.740. The second-order valence-electron chi connectivity index (χ2n) is 4.63. The van der Waals surface area contributed by atoms with Gasteiger partial charge in [-0.3, -0.25) is 9.36 Å². The van der Waals surface area contributed by atoms with Crippen molar-refractivity contribution in [2.24, 2.45) is 0 Å². The van der Waals surface area contributed by atoms with Crippen LogP contribution in [-0.4, -0.2) is 16.9 Å². The number of rotatable bonds is 3. The second kappa shape index (κ2) is 5.63. The first-order valence-corrected chi connectivity index (χ1v) is 6.56. The maximum atomic E-state index is 12.2. The van der Waals surface area contributed by atoms with E-state index in [-0.39, 0.29) is 6.61 Å². The Bertz CT molecular complexity index is 790. The lowest BCUT2D eigenvalue weighted by Gasteiger charge is -2.06. The van der Waals surface area contributed by atoms with E-state index in [2.05, 4.69) is 0 Å². The Morgan fingerprint density at radius 1 is 1.05 bits per heavy atom. The Hall–Kier alpha value is -2.88. The summed E-state index contributed by atoms with van der Waals surface area (Å²) in [7, 11) is 0. The van der Waals surface area contributed by atoms with Gasteiger partial charge in [0.1, 0.15) is 6.61 Å². The number of carbonyl (C=O) groups excluding carboxylic acids is 2. The number of nitrogens with zero attached hydrogens (tertiary/aromatic N) is 1. The van der Waals surface area contributed by atoms with Gasteiger partial charge in [0.25, 0.3) is 0 Å². The molecule has 0 amide bonds. The molecular weight excluding hydrogens is 266 g/mol. The molecule has 2 aromatic carbocycles. The van der Waals surface area contributed by atoms with Crippen LogP contribution in [0.15, 0.2) is 60.8 Å². The van der Waals surface area contributed by atoms with E-state index < -0.39 is 6.09 Å². The van der Waals surface area contributed by atoms with Crippen LogP contribution in [0, 0.1) is 0 Å². The fraction of sp³-hybridized carbons (Fsp3) is 0.0588. The van der Waals surface area contributed by atoms with Gasteiger partial charge in [0.05, 0.1) is 5.52 Å². The molecule has 0 atom stereocenters. The lowest BCUT2D eigenvalue weighted by Crippen LogP contribution is -2.12. The van der Waals surface area contributed by atoms with Gasteiger partial charge < -0.3 is 4.74 Å². The lowest BCUT2D eigenvalue weighted by molar-refractivity contribution is 0.112. The van der Waals surface area contributed by atoms with E-state index in [0.717, 1.165) is 17.2 Å². The van der Waals surface area contributed by atoms with Crippen LogP contribution in [0.3, 0.4) is 0 Å². The number of benzene rings is 2. The molecule has 104 valence electrons. The van der Waals surface area contributed by atoms with Crippen molar-refractivity contribution < 1.29 is 14.3 Å². The van der Waals surface area contributed by atoms with Crippen molar-refractivity contribution in [3.05, 3.63) is 71.9 Å².